The summed E-state index contributed by atoms with van der Waals surface area (Å²) in [5, 5.41) is 6.03. The lowest BCUT2D eigenvalue weighted by Gasteiger charge is -2.22. The van der Waals surface area contributed by atoms with Gasteiger partial charge in [0.1, 0.15) is 6.04 Å². The monoisotopic (exact) mass is 414 g/mol. The Morgan fingerprint density at radius 3 is 2.41 bits per heavy atom. The molecule has 0 bridgehead atoms. The van der Waals surface area contributed by atoms with Crippen molar-refractivity contribution < 1.29 is 19.1 Å². The van der Waals surface area contributed by atoms with Crippen LogP contribution in [0, 0.1) is 5.92 Å². The SMILES string of the molecule is CC(C)C[C@H](NC(=O)c1ccc(Cl)cc1Cl)C(=O)O[C@@H](C)C(=O)NC1CC1. The fourth-order valence-electron chi connectivity index (χ4n) is 2.45. The van der Waals surface area contributed by atoms with Gasteiger partial charge in [-0.1, -0.05) is 37.0 Å². The van der Waals surface area contributed by atoms with E-state index in [1.807, 2.05) is 13.8 Å². The number of ether oxygens (including phenoxy) is 1. The molecular formula is C19H24Cl2N2O4. The Labute approximate surface area is 168 Å². The van der Waals surface area contributed by atoms with Gasteiger partial charge in [-0.3, -0.25) is 9.59 Å². The highest BCUT2D eigenvalue weighted by Gasteiger charge is 2.30. The fraction of sp³-hybridized carbons (Fsp3) is 0.526. The van der Waals surface area contributed by atoms with Gasteiger partial charge in [0.25, 0.3) is 11.8 Å². The van der Waals surface area contributed by atoms with Gasteiger partial charge in [0.15, 0.2) is 6.10 Å². The van der Waals surface area contributed by atoms with Crippen molar-refractivity contribution in [2.75, 3.05) is 0 Å². The Morgan fingerprint density at radius 2 is 1.85 bits per heavy atom. The second-order valence-corrected chi connectivity index (χ2v) is 7.99. The average Bonchev–Trinajstić information content (AvgIpc) is 3.37. The van der Waals surface area contributed by atoms with Crippen molar-refractivity contribution in [3.8, 4) is 0 Å². The molecule has 1 aromatic rings. The first-order chi connectivity index (χ1) is 12.7. The lowest BCUT2D eigenvalue weighted by atomic mass is 10.0. The number of hydrogen-bond donors (Lipinski definition) is 2. The number of hydrogen-bond acceptors (Lipinski definition) is 4. The summed E-state index contributed by atoms with van der Waals surface area (Å²) in [5.74, 6) is -1.37. The highest BCUT2D eigenvalue weighted by atomic mass is 35.5. The van der Waals surface area contributed by atoms with Gasteiger partial charge in [0.2, 0.25) is 0 Å². The number of carbonyl (C=O) groups is 3. The number of amides is 2. The van der Waals surface area contributed by atoms with Crippen molar-refractivity contribution >= 4 is 41.0 Å². The van der Waals surface area contributed by atoms with Gasteiger partial charge in [0.05, 0.1) is 10.6 Å². The van der Waals surface area contributed by atoms with Crippen molar-refractivity contribution in [1.82, 2.24) is 10.6 Å². The van der Waals surface area contributed by atoms with E-state index in [0.29, 0.717) is 11.4 Å². The molecule has 0 radical (unpaired) electrons. The van der Waals surface area contributed by atoms with E-state index in [9.17, 15) is 14.4 Å². The first kappa shape index (κ1) is 21.5. The fourth-order valence-corrected chi connectivity index (χ4v) is 2.95. The van der Waals surface area contributed by atoms with Gasteiger partial charge in [0, 0.05) is 11.1 Å². The van der Waals surface area contributed by atoms with Crippen molar-refractivity contribution in [1.29, 1.82) is 0 Å². The summed E-state index contributed by atoms with van der Waals surface area (Å²) in [4.78, 5) is 37.0. The number of esters is 1. The number of halogens is 2. The van der Waals surface area contributed by atoms with Gasteiger partial charge >= 0.3 is 5.97 Å². The van der Waals surface area contributed by atoms with E-state index < -0.39 is 24.0 Å². The normalized spacial score (nSPS) is 15.8. The summed E-state index contributed by atoms with van der Waals surface area (Å²) in [6, 6.07) is 3.78. The third-order valence-corrected chi connectivity index (χ3v) is 4.61. The Balaban J connectivity index is 2.03. The Morgan fingerprint density at radius 1 is 1.19 bits per heavy atom. The minimum atomic E-state index is -0.927. The zero-order chi connectivity index (χ0) is 20.1. The van der Waals surface area contributed by atoms with E-state index in [4.69, 9.17) is 27.9 Å². The van der Waals surface area contributed by atoms with Gasteiger partial charge in [-0.05, 0) is 50.3 Å². The molecule has 27 heavy (non-hydrogen) atoms. The molecule has 8 heteroatoms. The van der Waals surface area contributed by atoms with Crippen LogP contribution in [-0.2, 0) is 14.3 Å². The van der Waals surface area contributed by atoms with E-state index in [1.165, 1.54) is 19.1 Å². The second-order valence-electron chi connectivity index (χ2n) is 7.14. The lowest BCUT2D eigenvalue weighted by Crippen LogP contribution is -2.46. The van der Waals surface area contributed by atoms with Crippen LogP contribution in [-0.4, -0.2) is 36.0 Å². The summed E-state index contributed by atoms with van der Waals surface area (Å²) in [6.07, 6.45) is 1.33. The molecule has 2 rings (SSSR count). The molecule has 1 aromatic carbocycles. The van der Waals surface area contributed by atoms with Gasteiger partial charge in [-0.2, -0.15) is 0 Å². The van der Waals surface area contributed by atoms with E-state index in [-0.39, 0.29) is 28.5 Å². The highest BCUT2D eigenvalue weighted by molar-refractivity contribution is 6.36. The molecule has 1 saturated carbocycles. The maximum atomic E-state index is 12.5. The minimum Gasteiger partial charge on any atom is -0.451 e. The number of nitrogens with one attached hydrogen (secondary N) is 2. The van der Waals surface area contributed by atoms with Gasteiger partial charge in [-0.15, -0.1) is 0 Å². The molecule has 0 saturated heterocycles. The smallest absolute Gasteiger partial charge is 0.329 e. The molecule has 0 aliphatic heterocycles. The van der Waals surface area contributed by atoms with E-state index >= 15 is 0 Å². The molecule has 2 amide bonds. The Hall–Kier alpha value is -1.79. The van der Waals surface area contributed by atoms with Crippen molar-refractivity contribution in [3.63, 3.8) is 0 Å². The third kappa shape index (κ3) is 6.70. The standard InChI is InChI=1S/C19H24Cl2N2O4/c1-10(2)8-16(19(26)27-11(3)17(24)22-13-5-6-13)23-18(25)14-7-4-12(20)9-15(14)21/h4,7,9-11,13,16H,5-6,8H2,1-3H3,(H,22,24)(H,23,25)/t11-,16-/m0/s1. The van der Waals surface area contributed by atoms with Crippen molar-refractivity contribution in [3.05, 3.63) is 33.8 Å². The van der Waals surface area contributed by atoms with Crippen LogP contribution >= 0.6 is 23.2 Å². The molecule has 1 aliphatic carbocycles. The predicted molar refractivity (Wildman–Crippen MR) is 104 cm³/mol. The molecule has 0 heterocycles. The predicted octanol–water partition coefficient (Wildman–Crippen LogP) is 3.35. The van der Waals surface area contributed by atoms with Crippen LogP contribution in [0.2, 0.25) is 10.0 Å². The molecular weight excluding hydrogens is 391 g/mol. The third-order valence-electron chi connectivity index (χ3n) is 4.06. The van der Waals surface area contributed by atoms with E-state index in [2.05, 4.69) is 10.6 Å². The van der Waals surface area contributed by atoms with Crippen LogP contribution in [0.5, 0.6) is 0 Å². The van der Waals surface area contributed by atoms with Crippen LogP contribution in [0.1, 0.15) is 50.4 Å². The molecule has 1 aliphatic rings. The van der Waals surface area contributed by atoms with Crippen LogP contribution < -0.4 is 10.6 Å². The molecule has 0 aromatic heterocycles. The number of rotatable bonds is 8. The summed E-state index contributed by atoms with van der Waals surface area (Å²) < 4.78 is 5.27. The summed E-state index contributed by atoms with van der Waals surface area (Å²) >= 11 is 11.9. The molecule has 1 fully saturated rings. The van der Waals surface area contributed by atoms with Gasteiger partial charge < -0.3 is 15.4 Å². The first-order valence-corrected chi connectivity index (χ1v) is 9.69. The van der Waals surface area contributed by atoms with Crippen LogP contribution in [0.15, 0.2) is 18.2 Å². The zero-order valence-corrected chi connectivity index (χ0v) is 17.1. The van der Waals surface area contributed by atoms with Crippen LogP contribution in [0.3, 0.4) is 0 Å². The van der Waals surface area contributed by atoms with E-state index in [0.717, 1.165) is 12.8 Å². The number of benzene rings is 1. The molecule has 148 valence electrons. The maximum Gasteiger partial charge on any atom is 0.329 e. The van der Waals surface area contributed by atoms with Crippen molar-refractivity contribution in [2.24, 2.45) is 5.92 Å². The zero-order valence-electron chi connectivity index (χ0n) is 15.6. The summed E-state index contributed by atoms with van der Waals surface area (Å²) in [7, 11) is 0. The molecule has 2 atom stereocenters. The number of carbonyl (C=O) groups excluding carboxylic acids is 3. The Bertz CT molecular complexity index is 720. The van der Waals surface area contributed by atoms with Gasteiger partial charge in [-0.25, -0.2) is 4.79 Å². The molecule has 2 N–H and O–H groups in total. The lowest BCUT2D eigenvalue weighted by molar-refractivity contribution is -0.157. The largest absolute Gasteiger partial charge is 0.451 e. The van der Waals surface area contributed by atoms with Crippen molar-refractivity contribution in [2.45, 2.75) is 58.2 Å². The Kier molecular flexibility index (Phi) is 7.50. The molecule has 0 unspecified atom stereocenters. The highest BCUT2D eigenvalue weighted by Crippen LogP contribution is 2.22. The first-order valence-electron chi connectivity index (χ1n) is 8.94. The summed E-state index contributed by atoms with van der Waals surface area (Å²) in [6.45, 7) is 5.36. The minimum absolute atomic E-state index is 0.124. The van der Waals surface area contributed by atoms with Crippen LogP contribution in [0.25, 0.3) is 0 Å². The van der Waals surface area contributed by atoms with E-state index in [1.54, 1.807) is 6.07 Å². The summed E-state index contributed by atoms with van der Waals surface area (Å²) in [5.41, 5.74) is 0.210. The topological polar surface area (TPSA) is 84.5 Å². The quantitative estimate of drug-likeness (QED) is 0.638. The molecule has 6 nitrogen and oxygen atoms in total. The second kappa shape index (κ2) is 9.42. The van der Waals surface area contributed by atoms with Crippen LogP contribution in [0.4, 0.5) is 0 Å². The molecule has 0 spiro atoms. The average molecular weight is 415 g/mol. The maximum absolute atomic E-state index is 12.5.